The Morgan fingerprint density at radius 2 is 1.81 bits per heavy atom. The third kappa shape index (κ3) is 3.68. The van der Waals surface area contributed by atoms with Gasteiger partial charge in [0, 0.05) is 49.5 Å². The molecule has 6 nitrogen and oxygen atoms in total. The van der Waals surface area contributed by atoms with Crippen molar-refractivity contribution in [3.05, 3.63) is 11.3 Å². The van der Waals surface area contributed by atoms with E-state index >= 15 is 0 Å². The fourth-order valence-corrected chi connectivity index (χ4v) is 5.03. The van der Waals surface area contributed by atoms with Crippen molar-refractivity contribution in [1.82, 2.24) is 19.8 Å². The molecule has 4 saturated heterocycles. The zero-order chi connectivity index (χ0) is 19.1. The van der Waals surface area contributed by atoms with Gasteiger partial charge in [-0.3, -0.25) is 9.69 Å². The summed E-state index contributed by atoms with van der Waals surface area (Å²) in [6, 6.07) is 0.952. The smallest absolute Gasteiger partial charge is 0.236 e. The molecule has 4 aliphatic rings. The number of nitrogens with zero attached hydrogens (tertiary/aromatic N) is 5. The minimum absolute atomic E-state index is 0.323. The third-order valence-electron chi connectivity index (χ3n) is 6.62. The summed E-state index contributed by atoms with van der Waals surface area (Å²) in [6.07, 6.45) is 5.53. The molecule has 4 aliphatic heterocycles. The fourth-order valence-electron chi connectivity index (χ4n) is 4.62. The van der Waals surface area contributed by atoms with Gasteiger partial charge < -0.3 is 9.80 Å². The summed E-state index contributed by atoms with van der Waals surface area (Å²) in [7, 11) is 0. The number of rotatable bonds is 4. The first kappa shape index (κ1) is 19.0. The van der Waals surface area contributed by atoms with Gasteiger partial charge in [0.15, 0.2) is 5.16 Å². The maximum atomic E-state index is 12.7. The minimum atomic E-state index is 0.323. The van der Waals surface area contributed by atoms with Gasteiger partial charge in [-0.05, 0) is 45.3 Å². The summed E-state index contributed by atoms with van der Waals surface area (Å²) >= 11 is 1.60. The number of thioether (sulfide) groups is 1. The van der Waals surface area contributed by atoms with Crippen molar-refractivity contribution >= 4 is 23.5 Å². The number of likely N-dealkylation sites (tertiary alicyclic amines) is 1. The summed E-state index contributed by atoms with van der Waals surface area (Å²) in [5.41, 5.74) is 2.24. The van der Waals surface area contributed by atoms with E-state index < -0.39 is 0 Å². The monoisotopic (exact) mass is 389 g/mol. The van der Waals surface area contributed by atoms with E-state index in [2.05, 4.69) is 40.5 Å². The molecule has 0 aliphatic carbocycles. The largest absolute Gasteiger partial charge is 0.353 e. The van der Waals surface area contributed by atoms with Gasteiger partial charge in [0.2, 0.25) is 5.91 Å². The molecule has 1 aromatic heterocycles. The van der Waals surface area contributed by atoms with Gasteiger partial charge in [-0.1, -0.05) is 18.7 Å². The molecular weight excluding hydrogens is 358 g/mol. The summed E-state index contributed by atoms with van der Waals surface area (Å²) in [5.74, 6) is 2.16. The normalized spacial score (nSPS) is 26.2. The molecule has 27 heavy (non-hydrogen) atoms. The lowest BCUT2D eigenvalue weighted by Crippen LogP contribution is -2.70. The molecule has 0 N–H and O–H groups in total. The van der Waals surface area contributed by atoms with E-state index in [0.29, 0.717) is 24.5 Å². The number of amides is 1. The van der Waals surface area contributed by atoms with Crippen LogP contribution in [0.15, 0.2) is 5.16 Å². The highest BCUT2D eigenvalue weighted by molar-refractivity contribution is 7.98. The quantitative estimate of drug-likeness (QED) is 0.582. The maximum absolute atomic E-state index is 12.7. The van der Waals surface area contributed by atoms with Crippen molar-refractivity contribution in [2.45, 2.75) is 57.3 Å². The molecule has 2 atom stereocenters. The number of hydrogen-bond acceptors (Lipinski definition) is 6. The SMILES string of the molecule is CSc1nc(C)c(C)c(N2CC3CC(C2)N3CC(=O)N2CCC(C)CC2)n1. The van der Waals surface area contributed by atoms with Gasteiger partial charge >= 0.3 is 0 Å². The highest BCUT2D eigenvalue weighted by Crippen LogP contribution is 2.35. The van der Waals surface area contributed by atoms with Crippen LogP contribution in [0.5, 0.6) is 0 Å². The molecule has 0 spiro atoms. The Labute approximate surface area is 166 Å². The molecule has 0 saturated carbocycles. The van der Waals surface area contributed by atoms with Crippen molar-refractivity contribution in [1.29, 1.82) is 0 Å². The van der Waals surface area contributed by atoms with Gasteiger partial charge in [0.25, 0.3) is 0 Å². The van der Waals surface area contributed by atoms with Crippen LogP contribution in [-0.4, -0.2) is 76.7 Å². The molecule has 2 bridgehead atoms. The second kappa shape index (κ2) is 7.59. The summed E-state index contributed by atoms with van der Waals surface area (Å²) in [5, 5.41) is 0.846. The lowest BCUT2D eigenvalue weighted by molar-refractivity contribution is -0.138. The van der Waals surface area contributed by atoms with Gasteiger partial charge in [-0.2, -0.15) is 0 Å². The number of aryl methyl sites for hydroxylation is 1. The molecular formula is C20H31N5OS. The molecule has 1 amide bonds. The summed E-state index contributed by atoms with van der Waals surface area (Å²) < 4.78 is 0. The van der Waals surface area contributed by atoms with Crippen molar-refractivity contribution in [2.75, 3.05) is 43.9 Å². The lowest BCUT2D eigenvalue weighted by atomic mass is 9.87. The summed E-state index contributed by atoms with van der Waals surface area (Å²) in [4.78, 5) is 29.0. The van der Waals surface area contributed by atoms with Crippen LogP contribution in [0.1, 0.15) is 37.4 Å². The molecule has 0 aromatic carbocycles. The number of hydrogen-bond donors (Lipinski definition) is 0. The molecule has 1 aromatic rings. The highest BCUT2D eigenvalue weighted by Gasteiger charge is 2.46. The Bertz CT molecular complexity index is 707. The van der Waals surface area contributed by atoms with Crippen LogP contribution in [-0.2, 0) is 4.79 Å². The first-order chi connectivity index (χ1) is 13.0. The number of piperidine rings is 2. The van der Waals surface area contributed by atoms with Crippen molar-refractivity contribution in [3.8, 4) is 0 Å². The Hall–Kier alpha value is -1.34. The van der Waals surface area contributed by atoms with Crippen molar-refractivity contribution in [3.63, 3.8) is 0 Å². The van der Waals surface area contributed by atoms with E-state index in [0.717, 1.165) is 61.6 Å². The molecule has 0 radical (unpaired) electrons. The first-order valence-electron chi connectivity index (χ1n) is 10.1. The number of carbonyl (C=O) groups is 1. The van der Waals surface area contributed by atoms with E-state index in [4.69, 9.17) is 4.98 Å². The van der Waals surface area contributed by atoms with Crippen molar-refractivity contribution < 1.29 is 4.79 Å². The van der Waals surface area contributed by atoms with Crippen LogP contribution >= 0.6 is 11.8 Å². The Kier molecular flexibility index (Phi) is 5.34. The maximum Gasteiger partial charge on any atom is 0.236 e. The predicted molar refractivity (Wildman–Crippen MR) is 109 cm³/mol. The number of fused-ring (bicyclic) bond motifs is 2. The van der Waals surface area contributed by atoms with Gasteiger partial charge in [0.1, 0.15) is 5.82 Å². The Morgan fingerprint density at radius 1 is 1.15 bits per heavy atom. The number of piperazine rings is 1. The average Bonchev–Trinajstić information content (AvgIpc) is 2.68. The van der Waals surface area contributed by atoms with Crippen LogP contribution in [0.4, 0.5) is 5.82 Å². The third-order valence-corrected chi connectivity index (χ3v) is 7.17. The minimum Gasteiger partial charge on any atom is -0.353 e. The van der Waals surface area contributed by atoms with Gasteiger partial charge in [-0.15, -0.1) is 0 Å². The van der Waals surface area contributed by atoms with Crippen LogP contribution < -0.4 is 4.90 Å². The second-order valence-electron chi connectivity index (χ2n) is 8.43. The van der Waals surface area contributed by atoms with Crippen LogP contribution in [0.25, 0.3) is 0 Å². The van der Waals surface area contributed by atoms with Crippen LogP contribution in [0.2, 0.25) is 0 Å². The molecule has 2 unspecified atom stereocenters. The zero-order valence-electron chi connectivity index (χ0n) is 16.9. The van der Waals surface area contributed by atoms with Crippen molar-refractivity contribution in [2.24, 2.45) is 5.92 Å². The van der Waals surface area contributed by atoms with E-state index in [1.165, 1.54) is 12.0 Å². The molecule has 7 heteroatoms. The molecule has 148 valence electrons. The Balaban J connectivity index is 1.39. The van der Waals surface area contributed by atoms with Gasteiger partial charge in [-0.25, -0.2) is 9.97 Å². The highest BCUT2D eigenvalue weighted by atomic mass is 32.2. The zero-order valence-corrected chi connectivity index (χ0v) is 17.8. The molecule has 5 heterocycles. The Morgan fingerprint density at radius 3 is 2.44 bits per heavy atom. The number of aromatic nitrogens is 2. The number of anilines is 1. The van der Waals surface area contributed by atoms with Crippen LogP contribution in [0.3, 0.4) is 0 Å². The van der Waals surface area contributed by atoms with E-state index in [9.17, 15) is 4.79 Å². The predicted octanol–water partition coefficient (Wildman–Crippen LogP) is 2.34. The molecule has 5 rings (SSSR count). The topological polar surface area (TPSA) is 52.6 Å². The van der Waals surface area contributed by atoms with E-state index in [1.54, 1.807) is 11.8 Å². The van der Waals surface area contributed by atoms with Crippen LogP contribution in [0, 0.1) is 19.8 Å². The summed E-state index contributed by atoms with van der Waals surface area (Å²) in [6.45, 7) is 10.9. The van der Waals surface area contributed by atoms with E-state index in [-0.39, 0.29) is 0 Å². The number of carbonyl (C=O) groups excluding carboxylic acids is 1. The first-order valence-corrected chi connectivity index (χ1v) is 11.4. The lowest BCUT2D eigenvalue weighted by Gasteiger charge is -2.56. The van der Waals surface area contributed by atoms with E-state index in [1.807, 2.05) is 6.26 Å². The second-order valence-corrected chi connectivity index (χ2v) is 9.20. The van der Waals surface area contributed by atoms with Gasteiger partial charge in [0.05, 0.1) is 6.54 Å². The fraction of sp³-hybridized carbons (Fsp3) is 0.750. The average molecular weight is 390 g/mol. The standard InChI is InChI=1S/C20H31N5OS/c1-13-5-7-23(8-6-13)18(26)12-25-16-9-17(25)11-24(10-16)19-14(2)15(3)21-20(22-19)27-4/h13,16-17H,5-12H2,1-4H3. The molecule has 4 fully saturated rings.